The van der Waals surface area contributed by atoms with Crippen LogP contribution < -0.4 is 19.7 Å². The van der Waals surface area contributed by atoms with Gasteiger partial charge in [0.25, 0.3) is 0 Å². The van der Waals surface area contributed by atoms with Crippen molar-refractivity contribution in [3.8, 4) is 11.6 Å². The molecule has 1 N–H and O–H groups in total. The predicted octanol–water partition coefficient (Wildman–Crippen LogP) is 5.60. The Morgan fingerprint density at radius 1 is 1.00 bits per heavy atom. The second-order valence-corrected chi connectivity index (χ2v) is 9.75. The van der Waals surface area contributed by atoms with Crippen LogP contribution in [0.15, 0.2) is 78.9 Å². The van der Waals surface area contributed by atoms with Gasteiger partial charge in [-0.1, -0.05) is 54.1 Å². The second kappa shape index (κ2) is 12.7. The molecule has 0 aliphatic carbocycles. The van der Waals surface area contributed by atoms with Crippen LogP contribution in [-0.4, -0.2) is 42.2 Å². The quantitative estimate of drug-likeness (QED) is 0.294. The molecule has 39 heavy (non-hydrogen) atoms. The molecule has 4 aromatic rings. The Morgan fingerprint density at radius 2 is 1.77 bits per heavy atom. The average Bonchev–Trinajstić information content (AvgIpc) is 3.30. The third-order valence-electron chi connectivity index (χ3n) is 6.49. The topological polar surface area (TPSA) is 77.9 Å². The van der Waals surface area contributed by atoms with E-state index in [0.29, 0.717) is 24.7 Å². The number of aryl methyl sites for hydroxylation is 1. The van der Waals surface area contributed by atoms with E-state index in [2.05, 4.69) is 27.4 Å². The lowest BCUT2D eigenvalue weighted by atomic mass is 10.2. The lowest BCUT2D eigenvalue weighted by molar-refractivity contribution is 0.122. The monoisotopic (exact) mass is 546 g/mol. The highest BCUT2D eigenvalue weighted by atomic mass is 35.5. The number of carbonyl (C=O) groups is 1. The van der Waals surface area contributed by atoms with Crippen molar-refractivity contribution in [2.45, 2.75) is 26.6 Å². The Morgan fingerprint density at radius 3 is 2.54 bits per heavy atom. The molecule has 5 rings (SSSR count). The van der Waals surface area contributed by atoms with E-state index in [1.807, 2.05) is 61.5 Å². The maximum atomic E-state index is 12.5. The molecular weight excluding hydrogens is 516 g/mol. The number of anilines is 1. The van der Waals surface area contributed by atoms with Gasteiger partial charge in [0.2, 0.25) is 5.88 Å². The van der Waals surface area contributed by atoms with Crippen molar-refractivity contribution in [3.63, 3.8) is 0 Å². The van der Waals surface area contributed by atoms with Gasteiger partial charge >= 0.3 is 6.09 Å². The minimum atomic E-state index is -0.563. The summed E-state index contributed by atoms with van der Waals surface area (Å²) in [7, 11) is 0. The molecule has 0 spiro atoms. The summed E-state index contributed by atoms with van der Waals surface area (Å²) in [6, 6.07) is 25.4. The van der Waals surface area contributed by atoms with E-state index in [1.165, 1.54) is 0 Å². The van der Waals surface area contributed by atoms with Gasteiger partial charge < -0.3 is 24.4 Å². The van der Waals surface area contributed by atoms with Crippen LogP contribution >= 0.6 is 11.6 Å². The lowest BCUT2D eigenvalue weighted by Crippen LogP contribution is -2.36. The van der Waals surface area contributed by atoms with Crippen molar-refractivity contribution in [2.75, 3.05) is 31.2 Å². The van der Waals surface area contributed by atoms with Gasteiger partial charge in [0.1, 0.15) is 12.4 Å². The van der Waals surface area contributed by atoms with Crippen molar-refractivity contribution in [1.82, 2.24) is 15.1 Å². The lowest BCUT2D eigenvalue weighted by Gasteiger charge is -2.28. The summed E-state index contributed by atoms with van der Waals surface area (Å²) in [6.07, 6.45) is -0.563. The van der Waals surface area contributed by atoms with Crippen LogP contribution in [-0.2, 0) is 24.4 Å². The second-order valence-electron chi connectivity index (χ2n) is 9.32. The Hall–Kier alpha value is -4.01. The van der Waals surface area contributed by atoms with Crippen molar-refractivity contribution < 1.29 is 19.0 Å². The molecule has 0 unspecified atom stereocenters. The number of nitrogens with one attached hydrogen (secondary N) is 1. The van der Waals surface area contributed by atoms with Crippen molar-refractivity contribution in [2.24, 2.45) is 0 Å². The number of ether oxygens (including phenoxy) is 3. The van der Waals surface area contributed by atoms with Crippen LogP contribution in [0.3, 0.4) is 0 Å². The van der Waals surface area contributed by atoms with E-state index >= 15 is 0 Å². The van der Waals surface area contributed by atoms with Gasteiger partial charge in [0.15, 0.2) is 0 Å². The fourth-order valence-corrected chi connectivity index (χ4v) is 4.55. The molecule has 1 aromatic heterocycles. The Balaban J connectivity index is 1.16. The fourth-order valence-electron chi connectivity index (χ4n) is 4.35. The first-order valence-corrected chi connectivity index (χ1v) is 13.3. The largest absolute Gasteiger partial charge is 0.489 e. The van der Waals surface area contributed by atoms with Gasteiger partial charge in [-0.2, -0.15) is 0 Å². The highest BCUT2D eigenvalue weighted by molar-refractivity contribution is 6.30. The van der Waals surface area contributed by atoms with Gasteiger partial charge in [-0.05, 0) is 48.4 Å². The van der Waals surface area contributed by atoms with E-state index in [0.717, 1.165) is 60.1 Å². The number of carbonyl (C=O) groups excluding carboxylic acids is 1. The molecule has 3 aromatic carbocycles. The van der Waals surface area contributed by atoms with Crippen LogP contribution in [0.2, 0.25) is 5.02 Å². The van der Waals surface area contributed by atoms with Gasteiger partial charge in [0.05, 0.1) is 19.8 Å². The molecule has 1 saturated heterocycles. The minimum Gasteiger partial charge on any atom is -0.489 e. The van der Waals surface area contributed by atoms with E-state index in [4.69, 9.17) is 25.8 Å². The highest BCUT2D eigenvalue weighted by Crippen LogP contribution is 2.26. The molecule has 1 aliphatic heterocycles. The molecule has 1 amide bonds. The van der Waals surface area contributed by atoms with Crippen LogP contribution in [0.4, 0.5) is 10.5 Å². The number of aromatic nitrogens is 2. The first-order chi connectivity index (χ1) is 19.0. The standard InChI is InChI=1S/C30H31ClN4O4/c1-22-17-29(39-30(36)32-19-23-7-10-27(11-8-23)34-13-15-37-16-14-34)33-35(22)20-25-18-26(31)9-12-28(25)38-21-24-5-3-2-4-6-24/h2-12,17-18H,13-16,19-21H2,1H3,(H,32,36). The maximum absolute atomic E-state index is 12.5. The summed E-state index contributed by atoms with van der Waals surface area (Å²) in [4.78, 5) is 14.7. The molecule has 0 radical (unpaired) electrons. The third-order valence-corrected chi connectivity index (χ3v) is 6.72. The summed E-state index contributed by atoms with van der Waals surface area (Å²) in [5.74, 6) is 0.944. The summed E-state index contributed by atoms with van der Waals surface area (Å²) < 4.78 is 18.7. The van der Waals surface area contributed by atoms with Crippen molar-refractivity contribution >= 4 is 23.4 Å². The zero-order valence-electron chi connectivity index (χ0n) is 21.8. The highest BCUT2D eigenvalue weighted by Gasteiger charge is 2.14. The first-order valence-electron chi connectivity index (χ1n) is 12.9. The zero-order valence-corrected chi connectivity index (χ0v) is 22.6. The minimum absolute atomic E-state index is 0.224. The normalized spacial score (nSPS) is 13.2. The smallest absolute Gasteiger partial charge is 0.414 e. The Kier molecular flexibility index (Phi) is 8.65. The van der Waals surface area contributed by atoms with E-state index in [9.17, 15) is 4.79 Å². The molecule has 9 heteroatoms. The summed E-state index contributed by atoms with van der Waals surface area (Å²) >= 11 is 6.28. The summed E-state index contributed by atoms with van der Waals surface area (Å²) in [5, 5.41) is 7.87. The zero-order chi connectivity index (χ0) is 27.0. The van der Waals surface area contributed by atoms with Crippen LogP contribution in [0, 0.1) is 6.92 Å². The van der Waals surface area contributed by atoms with Gasteiger partial charge in [-0.25, -0.2) is 4.79 Å². The van der Waals surface area contributed by atoms with Crippen molar-refractivity contribution in [1.29, 1.82) is 0 Å². The number of rotatable bonds is 9. The number of morpholine rings is 1. The first kappa shape index (κ1) is 26.6. The van der Waals surface area contributed by atoms with Crippen molar-refractivity contribution in [3.05, 3.63) is 106 Å². The number of nitrogens with zero attached hydrogens (tertiary/aromatic N) is 3. The van der Waals surface area contributed by atoms with Gasteiger partial charge in [-0.15, -0.1) is 5.10 Å². The third kappa shape index (κ3) is 7.31. The molecule has 0 bridgehead atoms. The SMILES string of the molecule is Cc1cc(OC(=O)NCc2ccc(N3CCOCC3)cc2)nn1Cc1cc(Cl)ccc1OCc1ccccc1. The molecule has 1 fully saturated rings. The Labute approximate surface area is 233 Å². The number of hydrogen-bond donors (Lipinski definition) is 1. The number of hydrogen-bond acceptors (Lipinski definition) is 6. The molecule has 1 aliphatic rings. The Bertz CT molecular complexity index is 1390. The average molecular weight is 547 g/mol. The molecule has 0 atom stereocenters. The molecule has 202 valence electrons. The summed E-state index contributed by atoms with van der Waals surface area (Å²) in [6.45, 7) is 6.37. The summed E-state index contributed by atoms with van der Waals surface area (Å²) in [5.41, 5.74) is 4.92. The number of benzene rings is 3. The number of halogens is 1. The predicted molar refractivity (Wildman–Crippen MR) is 151 cm³/mol. The molecular formula is C30H31ClN4O4. The number of amides is 1. The van der Waals surface area contributed by atoms with Crippen LogP contribution in [0.5, 0.6) is 11.6 Å². The van der Waals surface area contributed by atoms with Crippen LogP contribution in [0.1, 0.15) is 22.4 Å². The van der Waals surface area contributed by atoms with E-state index in [1.54, 1.807) is 16.8 Å². The van der Waals surface area contributed by atoms with Gasteiger partial charge in [-0.3, -0.25) is 4.68 Å². The fraction of sp³-hybridized carbons (Fsp3) is 0.267. The van der Waals surface area contributed by atoms with Crippen LogP contribution in [0.25, 0.3) is 0 Å². The molecule has 0 saturated carbocycles. The molecule has 2 heterocycles. The van der Waals surface area contributed by atoms with E-state index < -0.39 is 6.09 Å². The maximum Gasteiger partial charge on any atom is 0.414 e. The van der Waals surface area contributed by atoms with Gasteiger partial charge in [0, 0.05) is 47.7 Å². The van der Waals surface area contributed by atoms with E-state index in [-0.39, 0.29) is 5.88 Å². The molecule has 8 nitrogen and oxygen atoms in total.